The van der Waals surface area contributed by atoms with Crippen molar-refractivity contribution in [3.8, 4) is 11.3 Å². The van der Waals surface area contributed by atoms with E-state index in [4.69, 9.17) is 8.92 Å². The second kappa shape index (κ2) is 10.9. The Morgan fingerprint density at radius 3 is 2.62 bits per heavy atom. The van der Waals surface area contributed by atoms with Crippen LogP contribution >= 0.6 is 12.0 Å². The van der Waals surface area contributed by atoms with Crippen LogP contribution in [0.3, 0.4) is 0 Å². The van der Waals surface area contributed by atoms with E-state index >= 15 is 0 Å². The van der Waals surface area contributed by atoms with Gasteiger partial charge in [0.2, 0.25) is 0 Å². The van der Waals surface area contributed by atoms with Crippen molar-refractivity contribution in [2.24, 2.45) is 0 Å². The molecule has 0 spiro atoms. The van der Waals surface area contributed by atoms with Crippen LogP contribution in [0.2, 0.25) is 0 Å². The van der Waals surface area contributed by atoms with Crippen LogP contribution in [0.15, 0.2) is 88.8 Å². The molecule has 0 N–H and O–H groups in total. The van der Waals surface area contributed by atoms with Crippen molar-refractivity contribution < 1.29 is 13.7 Å². The second-order valence-electron chi connectivity index (χ2n) is 7.65. The zero-order valence-corrected chi connectivity index (χ0v) is 19.6. The molecule has 172 valence electrons. The predicted molar refractivity (Wildman–Crippen MR) is 130 cm³/mol. The highest BCUT2D eigenvalue weighted by atomic mass is 32.2. The van der Waals surface area contributed by atoms with Gasteiger partial charge in [0, 0.05) is 41.0 Å². The van der Waals surface area contributed by atoms with Gasteiger partial charge in [0.05, 0.1) is 31.5 Å². The molecule has 0 unspecified atom stereocenters. The van der Waals surface area contributed by atoms with E-state index in [1.165, 1.54) is 35.5 Å². The van der Waals surface area contributed by atoms with Gasteiger partial charge >= 0.3 is 5.97 Å². The highest BCUT2D eigenvalue weighted by Gasteiger charge is 2.09. The number of hydrogen-bond donors (Lipinski definition) is 0. The Morgan fingerprint density at radius 1 is 1.00 bits per heavy atom. The molecule has 34 heavy (non-hydrogen) atoms. The van der Waals surface area contributed by atoms with Gasteiger partial charge in [-0.2, -0.15) is 5.10 Å². The Hall–Kier alpha value is -3.75. The number of carbonyl (C=O) groups is 1. The van der Waals surface area contributed by atoms with Gasteiger partial charge in [-0.25, -0.2) is 9.48 Å². The van der Waals surface area contributed by atoms with E-state index < -0.39 is 5.97 Å². The minimum absolute atomic E-state index is 0.223. The maximum Gasteiger partial charge on any atom is 0.337 e. The van der Waals surface area contributed by atoms with E-state index in [1.807, 2.05) is 43.3 Å². The SMILES string of the molecule is COC(=O)c1cccc(Cn2nc(-c3cncc(COSc4ccc(C)cc4)c3)ccc2=O)c1. The summed E-state index contributed by atoms with van der Waals surface area (Å²) in [4.78, 5) is 29.6. The lowest BCUT2D eigenvalue weighted by atomic mass is 10.1. The summed E-state index contributed by atoms with van der Waals surface area (Å²) in [5.41, 5.74) is 4.43. The van der Waals surface area contributed by atoms with Crippen molar-refractivity contribution in [2.45, 2.75) is 25.0 Å². The molecule has 0 bridgehead atoms. The molecule has 8 heteroatoms. The molecular weight excluding hydrogens is 450 g/mol. The first-order valence-electron chi connectivity index (χ1n) is 10.6. The monoisotopic (exact) mass is 473 g/mol. The summed E-state index contributed by atoms with van der Waals surface area (Å²) in [6.45, 7) is 2.64. The number of aryl methyl sites for hydroxylation is 1. The Balaban J connectivity index is 1.48. The lowest BCUT2D eigenvalue weighted by molar-refractivity contribution is 0.0600. The fraction of sp³-hybridized carbons (Fsp3) is 0.154. The summed E-state index contributed by atoms with van der Waals surface area (Å²) < 4.78 is 11.9. The van der Waals surface area contributed by atoms with Crippen LogP contribution in [-0.4, -0.2) is 27.8 Å². The molecule has 2 heterocycles. The summed E-state index contributed by atoms with van der Waals surface area (Å²) in [5.74, 6) is -0.429. The van der Waals surface area contributed by atoms with Crippen LogP contribution in [0.25, 0.3) is 11.3 Å². The van der Waals surface area contributed by atoms with E-state index in [0.717, 1.165) is 21.6 Å². The zero-order chi connectivity index (χ0) is 23.9. The van der Waals surface area contributed by atoms with Gasteiger partial charge in [-0.3, -0.25) is 9.78 Å². The van der Waals surface area contributed by atoms with Crippen LogP contribution in [-0.2, 0) is 22.1 Å². The van der Waals surface area contributed by atoms with Gasteiger partial charge in [0.25, 0.3) is 5.56 Å². The van der Waals surface area contributed by atoms with E-state index in [0.29, 0.717) is 17.9 Å². The molecule has 2 aromatic carbocycles. The van der Waals surface area contributed by atoms with Gasteiger partial charge in [0.15, 0.2) is 0 Å². The maximum atomic E-state index is 12.4. The lowest BCUT2D eigenvalue weighted by Gasteiger charge is -2.09. The number of aromatic nitrogens is 3. The first kappa shape index (κ1) is 23.4. The third-order valence-electron chi connectivity index (χ3n) is 5.04. The summed E-state index contributed by atoms with van der Waals surface area (Å²) in [7, 11) is 1.33. The molecule has 4 rings (SSSR count). The molecule has 0 fully saturated rings. The summed E-state index contributed by atoms with van der Waals surface area (Å²) in [6.07, 6.45) is 3.44. The molecular formula is C26H23N3O4S. The highest BCUT2D eigenvalue weighted by molar-refractivity contribution is 7.94. The summed E-state index contributed by atoms with van der Waals surface area (Å²) in [5, 5.41) is 4.51. The third kappa shape index (κ3) is 5.98. The Labute approximate surface area is 201 Å². The van der Waals surface area contributed by atoms with E-state index in [1.54, 1.807) is 36.7 Å². The number of rotatable bonds is 8. The smallest absolute Gasteiger partial charge is 0.337 e. The average molecular weight is 474 g/mol. The van der Waals surface area contributed by atoms with E-state index in [-0.39, 0.29) is 12.1 Å². The number of benzene rings is 2. The number of nitrogens with zero attached hydrogens (tertiary/aromatic N) is 3. The second-order valence-corrected chi connectivity index (χ2v) is 8.52. The molecule has 0 amide bonds. The van der Waals surface area contributed by atoms with Crippen molar-refractivity contribution >= 4 is 18.0 Å². The summed E-state index contributed by atoms with van der Waals surface area (Å²) in [6, 6.07) is 20.1. The Morgan fingerprint density at radius 2 is 1.82 bits per heavy atom. The predicted octanol–water partition coefficient (Wildman–Crippen LogP) is 4.67. The molecule has 0 saturated heterocycles. The minimum Gasteiger partial charge on any atom is -0.465 e. The molecule has 0 saturated carbocycles. The van der Waals surface area contributed by atoms with Crippen LogP contribution in [0.5, 0.6) is 0 Å². The molecule has 2 aromatic heterocycles. The van der Waals surface area contributed by atoms with Crippen molar-refractivity contribution in [1.82, 2.24) is 14.8 Å². The number of esters is 1. The molecule has 0 atom stereocenters. The molecule has 7 nitrogen and oxygen atoms in total. The van der Waals surface area contributed by atoms with Crippen LogP contribution in [0.4, 0.5) is 0 Å². The standard InChI is InChI=1S/C26H23N3O4S/c1-18-6-8-23(9-7-18)34-33-17-20-13-22(15-27-14-20)24-10-11-25(30)29(28-24)16-19-4-3-5-21(12-19)26(31)32-2/h3-15H,16-17H2,1-2H3. The maximum absolute atomic E-state index is 12.4. The first-order chi connectivity index (χ1) is 16.5. The Kier molecular flexibility index (Phi) is 7.51. The van der Waals surface area contributed by atoms with Crippen LogP contribution in [0, 0.1) is 6.92 Å². The number of pyridine rings is 1. The largest absolute Gasteiger partial charge is 0.465 e. The van der Waals surface area contributed by atoms with Gasteiger partial charge in [-0.05, 0) is 54.4 Å². The molecule has 4 aromatic rings. The van der Waals surface area contributed by atoms with Gasteiger partial charge in [-0.1, -0.05) is 29.8 Å². The quantitative estimate of drug-likeness (QED) is 0.272. The van der Waals surface area contributed by atoms with Crippen molar-refractivity contribution in [3.05, 3.63) is 112 Å². The molecule has 0 aliphatic rings. The fourth-order valence-corrected chi connectivity index (χ4v) is 3.85. The average Bonchev–Trinajstić information content (AvgIpc) is 2.86. The highest BCUT2D eigenvalue weighted by Crippen LogP contribution is 2.22. The van der Waals surface area contributed by atoms with Gasteiger partial charge in [0.1, 0.15) is 0 Å². The van der Waals surface area contributed by atoms with Crippen molar-refractivity contribution in [2.75, 3.05) is 7.11 Å². The number of hydrogen-bond acceptors (Lipinski definition) is 7. The topological polar surface area (TPSA) is 83.3 Å². The molecule has 0 radical (unpaired) electrons. The normalized spacial score (nSPS) is 10.8. The van der Waals surface area contributed by atoms with Crippen molar-refractivity contribution in [3.63, 3.8) is 0 Å². The first-order valence-corrected chi connectivity index (χ1v) is 11.3. The lowest BCUT2D eigenvalue weighted by Crippen LogP contribution is -2.23. The van der Waals surface area contributed by atoms with E-state index in [9.17, 15) is 9.59 Å². The zero-order valence-electron chi connectivity index (χ0n) is 18.8. The van der Waals surface area contributed by atoms with Gasteiger partial charge < -0.3 is 8.92 Å². The number of carbonyl (C=O) groups excluding carboxylic acids is 1. The number of ether oxygens (including phenoxy) is 1. The molecule has 0 aliphatic heterocycles. The van der Waals surface area contributed by atoms with E-state index in [2.05, 4.69) is 10.1 Å². The number of methoxy groups -OCH3 is 1. The van der Waals surface area contributed by atoms with Crippen LogP contribution < -0.4 is 5.56 Å². The molecule has 0 aliphatic carbocycles. The fourth-order valence-electron chi connectivity index (χ4n) is 3.27. The van der Waals surface area contributed by atoms with Gasteiger partial charge in [-0.15, -0.1) is 0 Å². The summed E-state index contributed by atoms with van der Waals surface area (Å²) >= 11 is 1.31. The van der Waals surface area contributed by atoms with Crippen molar-refractivity contribution in [1.29, 1.82) is 0 Å². The Bertz CT molecular complexity index is 1350. The minimum atomic E-state index is -0.429. The third-order valence-corrected chi connectivity index (χ3v) is 5.74. The van der Waals surface area contributed by atoms with Crippen LogP contribution in [0.1, 0.15) is 27.0 Å².